The number of hydrogen-bond acceptors (Lipinski definition) is 4. The van der Waals surface area contributed by atoms with Crippen LogP contribution in [0.25, 0.3) is 0 Å². The van der Waals surface area contributed by atoms with Crippen molar-refractivity contribution < 1.29 is 19.7 Å². The second kappa shape index (κ2) is 7.82. The predicted molar refractivity (Wildman–Crippen MR) is 113 cm³/mol. The highest BCUT2D eigenvalue weighted by Gasteiger charge is 2.62. The molecule has 0 bridgehead atoms. The molecule has 4 fully saturated rings. The van der Waals surface area contributed by atoms with Gasteiger partial charge in [0.25, 0.3) is 0 Å². The number of fused-ring (bicyclic) bond motifs is 5. The number of methoxy groups -OCH3 is 1. The fraction of sp³-hybridized carbons (Fsp3) is 0.960. The molecule has 0 radical (unpaired) electrons. The standard InChI is InChI=1S/C25H42O4/c1-15(5-8-22(28)29-4)18-6-7-19-23-20(10-12-25(18,19)3)24(2)11-9-17(26)13-16(24)14-21(23)27/h15-21,23,26-27H,5-14H2,1-4H3/t15?,16-,17+,18?,19?,20?,21+,23?,24-,25+/m0/s1. The van der Waals surface area contributed by atoms with Crippen molar-refractivity contribution in [1.82, 2.24) is 0 Å². The van der Waals surface area contributed by atoms with Gasteiger partial charge in [0.05, 0.1) is 19.3 Å². The lowest BCUT2D eigenvalue weighted by Gasteiger charge is -2.62. The SMILES string of the molecule is COC(=O)CCC(C)C1CCC2C3C(CC[C@]12C)[C@@]1(C)CC[C@@H](O)C[C@H]1C[C@H]3O. The Morgan fingerprint density at radius 3 is 2.45 bits per heavy atom. The van der Waals surface area contributed by atoms with E-state index in [-0.39, 0.29) is 23.6 Å². The summed E-state index contributed by atoms with van der Waals surface area (Å²) in [6.45, 7) is 7.29. The van der Waals surface area contributed by atoms with Crippen LogP contribution in [0.5, 0.6) is 0 Å². The van der Waals surface area contributed by atoms with Gasteiger partial charge in [-0.3, -0.25) is 4.79 Å². The van der Waals surface area contributed by atoms with E-state index in [1.165, 1.54) is 32.8 Å². The Bertz CT molecular complexity index is 620. The van der Waals surface area contributed by atoms with Crippen LogP contribution in [-0.2, 0) is 9.53 Å². The van der Waals surface area contributed by atoms with Gasteiger partial charge in [-0.15, -0.1) is 0 Å². The van der Waals surface area contributed by atoms with Gasteiger partial charge in [0.2, 0.25) is 0 Å². The number of esters is 1. The molecule has 4 nitrogen and oxygen atoms in total. The molecule has 4 aliphatic rings. The third kappa shape index (κ3) is 3.46. The smallest absolute Gasteiger partial charge is 0.305 e. The van der Waals surface area contributed by atoms with E-state index in [0.29, 0.717) is 47.3 Å². The zero-order valence-corrected chi connectivity index (χ0v) is 18.9. The van der Waals surface area contributed by atoms with Gasteiger partial charge in [0.1, 0.15) is 0 Å². The number of hydrogen-bond donors (Lipinski definition) is 2. The Morgan fingerprint density at radius 1 is 1.03 bits per heavy atom. The number of aliphatic hydroxyl groups is 2. The molecule has 0 saturated heterocycles. The van der Waals surface area contributed by atoms with Crippen LogP contribution in [0.3, 0.4) is 0 Å². The maximum Gasteiger partial charge on any atom is 0.305 e. The highest BCUT2D eigenvalue weighted by Crippen LogP contribution is 2.68. The first-order valence-electron chi connectivity index (χ1n) is 12.1. The van der Waals surface area contributed by atoms with Crippen LogP contribution in [0.15, 0.2) is 0 Å². The van der Waals surface area contributed by atoms with Crippen LogP contribution in [0.2, 0.25) is 0 Å². The summed E-state index contributed by atoms with van der Waals surface area (Å²) in [6.07, 6.45) is 9.80. The van der Waals surface area contributed by atoms with E-state index in [1.54, 1.807) is 0 Å². The van der Waals surface area contributed by atoms with Crippen molar-refractivity contribution in [3.8, 4) is 0 Å². The first-order chi connectivity index (χ1) is 13.7. The summed E-state index contributed by atoms with van der Waals surface area (Å²) in [7, 11) is 1.48. The zero-order valence-electron chi connectivity index (χ0n) is 18.9. The van der Waals surface area contributed by atoms with Crippen molar-refractivity contribution in [2.45, 2.75) is 97.2 Å². The van der Waals surface area contributed by atoms with Crippen LogP contribution >= 0.6 is 0 Å². The highest BCUT2D eigenvalue weighted by atomic mass is 16.5. The monoisotopic (exact) mass is 406 g/mol. The third-order valence-electron chi connectivity index (χ3n) is 10.4. The molecule has 4 rings (SSSR count). The van der Waals surface area contributed by atoms with E-state index in [0.717, 1.165) is 32.1 Å². The molecule has 0 amide bonds. The van der Waals surface area contributed by atoms with Crippen molar-refractivity contribution in [2.24, 2.45) is 46.3 Å². The summed E-state index contributed by atoms with van der Waals surface area (Å²) in [5, 5.41) is 21.5. The first kappa shape index (κ1) is 21.6. The largest absolute Gasteiger partial charge is 0.469 e. The average Bonchev–Trinajstić information content (AvgIpc) is 3.04. The second-order valence-electron chi connectivity index (χ2n) is 11.5. The minimum absolute atomic E-state index is 0.0959. The average molecular weight is 407 g/mol. The summed E-state index contributed by atoms with van der Waals surface area (Å²) in [5.74, 6) is 3.17. The molecule has 0 aliphatic heterocycles. The Kier molecular flexibility index (Phi) is 5.83. The summed E-state index contributed by atoms with van der Waals surface area (Å²) in [6, 6.07) is 0. The van der Waals surface area contributed by atoms with Crippen LogP contribution in [0, 0.1) is 46.3 Å². The molecule has 2 N–H and O–H groups in total. The highest BCUT2D eigenvalue weighted by molar-refractivity contribution is 5.69. The lowest BCUT2D eigenvalue weighted by atomic mass is 9.43. The van der Waals surface area contributed by atoms with E-state index >= 15 is 0 Å². The van der Waals surface area contributed by atoms with Gasteiger partial charge in [0, 0.05) is 6.42 Å². The Morgan fingerprint density at radius 2 is 1.72 bits per heavy atom. The van der Waals surface area contributed by atoms with E-state index in [4.69, 9.17) is 4.74 Å². The molecule has 0 aromatic carbocycles. The summed E-state index contributed by atoms with van der Waals surface area (Å²) in [5.41, 5.74) is 0.577. The predicted octanol–water partition coefficient (Wildman–Crippen LogP) is 4.57. The molecule has 0 heterocycles. The van der Waals surface area contributed by atoms with Gasteiger partial charge in [-0.05, 0) is 104 Å². The molecule has 0 aromatic rings. The lowest BCUT2D eigenvalue weighted by Crippen LogP contribution is -2.58. The number of aliphatic hydroxyl groups excluding tert-OH is 2. The number of carbonyl (C=O) groups is 1. The van der Waals surface area contributed by atoms with Crippen molar-refractivity contribution >= 4 is 5.97 Å². The molecule has 4 heteroatoms. The van der Waals surface area contributed by atoms with Crippen molar-refractivity contribution in [3.63, 3.8) is 0 Å². The maximum atomic E-state index is 11.6. The van der Waals surface area contributed by atoms with E-state index in [9.17, 15) is 15.0 Å². The summed E-state index contributed by atoms with van der Waals surface area (Å²) in [4.78, 5) is 11.6. The fourth-order valence-electron chi connectivity index (χ4n) is 8.82. The zero-order chi connectivity index (χ0) is 21.0. The van der Waals surface area contributed by atoms with Crippen molar-refractivity contribution in [2.75, 3.05) is 7.11 Å². The quantitative estimate of drug-likeness (QED) is 0.671. The topological polar surface area (TPSA) is 66.8 Å². The first-order valence-corrected chi connectivity index (χ1v) is 12.1. The maximum absolute atomic E-state index is 11.6. The van der Waals surface area contributed by atoms with Crippen LogP contribution < -0.4 is 0 Å². The minimum atomic E-state index is -0.211. The summed E-state index contributed by atoms with van der Waals surface area (Å²) < 4.78 is 4.86. The molecule has 0 aromatic heterocycles. The normalized spacial score (nSPS) is 50.2. The molecular formula is C25H42O4. The van der Waals surface area contributed by atoms with E-state index in [2.05, 4.69) is 20.8 Å². The van der Waals surface area contributed by atoms with E-state index < -0.39 is 0 Å². The van der Waals surface area contributed by atoms with Gasteiger partial charge < -0.3 is 14.9 Å². The Labute approximate surface area is 176 Å². The molecule has 166 valence electrons. The molecule has 4 aliphatic carbocycles. The Balaban J connectivity index is 1.53. The van der Waals surface area contributed by atoms with Gasteiger partial charge in [-0.25, -0.2) is 0 Å². The molecule has 10 atom stereocenters. The summed E-state index contributed by atoms with van der Waals surface area (Å²) >= 11 is 0. The van der Waals surface area contributed by atoms with Crippen LogP contribution in [0.4, 0.5) is 0 Å². The lowest BCUT2D eigenvalue weighted by molar-refractivity contribution is -0.174. The van der Waals surface area contributed by atoms with Crippen LogP contribution in [0.1, 0.15) is 85.0 Å². The van der Waals surface area contributed by atoms with Gasteiger partial charge >= 0.3 is 5.97 Å². The van der Waals surface area contributed by atoms with Crippen molar-refractivity contribution in [3.05, 3.63) is 0 Å². The number of rotatable bonds is 4. The van der Waals surface area contributed by atoms with Gasteiger partial charge in [-0.1, -0.05) is 20.8 Å². The van der Waals surface area contributed by atoms with E-state index in [1.807, 2.05) is 0 Å². The number of ether oxygens (including phenoxy) is 1. The molecule has 4 saturated carbocycles. The third-order valence-corrected chi connectivity index (χ3v) is 10.4. The van der Waals surface area contributed by atoms with Gasteiger partial charge in [-0.2, -0.15) is 0 Å². The van der Waals surface area contributed by atoms with Crippen LogP contribution in [-0.4, -0.2) is 35.5 Å². The molecule has 5 unspecified atom stereocenters. The minimum Gasteiger partial charge on any atom is -0.469 e. The van der Waals surface area contributed by atoms with Crippen molar-refractivity contribution in [1.29, 1.82) is 0 Å². The number of carbonyl (C=O) groups excluding carboxylic acids is 1. The fourth-order valence-corrected chi connectivity index (χ4v) is 8.82. The second-order valence-corrected chi connectivity index (χ2v) is 11.5. The Hall–Kier alpha value is -0.610. The molecular weight excluding hydrogens is 364 g/mol. The molecule has 0 spiro atoms. The van der Waals surface area contributed by atoms with Gasteiger partial charge in [0.15, 0.2) is 0 Å². The molecule has 29 heavy (non-hydrogen) atoms.